The first-order valence-electron chi connectivity index (χ1n) is 7.02. The van der Waals surface area contributed by atoms with E-state index in [0.29, 0.717) is 11.7 Å². The van der Waals surface area contributed by atoms with Gasteiger partial charge in [0.05, 0.1) is 0 Å². The zero-order valence-electron chi connectivity index (χ0n) is 10.2. The fourth-order valence-electron chi connectivity index (χ4n) is 5.06. The summed E-state index contributed by atoms with van der Waals surface area (Å²) in [6, 6.07) is 6.17. The molecule has 4 aliphatic carbocycles. The van der Waals surface area contributed by atoms with Crippen LogP contribution in [0, 0.1) is 23.7 Å². The fourth-order valence-corrected chi connectivity index (χ4v) is 5.06. The molecule has 0 aliphatic heterocycles. The third-order valence-corrected chi connectivity index (χ3v) is 5.36. The van der Waals surface area contributed by atoms with Gasteiger partial charge in [0, 0.05) is 11.6 Å². The first-order chi connectivity index (χ1) is 8.29. The molecule has 0 radical (unpaired) electrons. The summed E-state index contributed by atoms with van der Waals surface area (Å²) in [5.74, 6) is 5.29. The molecule has 1 aromatic rings. The smallest absolute Gasteiger partial charge is 0.123 e. The molecule has 0 amide bonds. The number of nitrogen functional groups attached to an aromatic ring is 1. The van der Waals surface area contributed by atoms with Crippen molar-refractivity contribution in [3.63, 3.8) is 0 Å². The van der Waals surface area contributed by atoms with Gasteiger partial charge < -0.3 is 5.73 Å². The van der Waals surface area contributed by atoms with Crippen LogP contribution in [0.15, 0.2) is 18.2 Å². The van der Waals surface area contributed by atoms with Gasteiger partial charge in [0.15, 0.2) is 0 Å². The largest absolute Gasteiger partial charge is 0.384 e. The number of nitrogens with zero attached hydrogens (tertiary/aromatic N) is 1. The summed E-state index contributed by atoms with van der Waals surface area (Å²) >= 11 is 0. The van der Waals surface area contributed by atoms with Gasteiger partial charge in [-0.15, -0.1) is 0 Å². The number of aromatic nitrogens is 1. The molecular formula is C15H20N2. The van der Waals surface area contributed by atoms with Crippen LogP contribution >= 0.6 is 0 Å². The minimum atomic E-state index is 0.691. The van der Waals surface area contributed by atoms with Crippen LogP contribution in [-0.4, -0.2) is 4.98 Å². The monoisotopic (exact) mass is 228 g/mol. The van der Waals surface area contributed by atoms with Crippen molar-refractivity contribution >= 4 is 5.82 Å². The third-order valence-electron chi connectivity index (χ3n) is 5.36. The predicted molar refractivity (Wildman–Crippen MR) is 68.4 cm³/mol. The second-order valence-corrected chi connectivity index (χ2v) is 6.44. The van der Waals surface area contributed by atoms with E-state index in [4.69, 9.17) is 5.73 Å². The van der Waals surface area contributed by atoms with E-state index in [1.54, 1.807) is 0 Å². The van der Waals surface area contributed by atoms with Crippen molar-refractivity contribution in [3.05, 3.63) is 23.9 Å². The Hall–Kier alpha value is -1.05. The molecule has 2 heteroatoms. The molecule has 5 rings (SSSR count). The normalized spacial score (nSPS) is 42.9. The Morgan fingerprint density at radius 2 is 1.59 bits per heavy atom. The second-order valence-electron chi connectivity index (χ2n) is 6.44. The van der Waals surface area contributed by atoms with Gasteiger partial charge in [0.2, 0.25) is 0 Å². The molecule has 4 bridgehead atoms. The summed E-state index contributed by atoms with van der Waals surface area (Å²) in [4.78, 5) is 4.60. The van der Waals surface area contributed by atoms with Crippen molar-refractivity contribution in [3.8, 4) is 0 Å². The molecule has 0 unspecified atom stereocenters. The summed E-state index contributed by atoms with van der Waals surface area (Å²) in [6.07, 6.45) is 7.33. The first kappa shape index (κ1) is 9.93. The van der Waals surface area contributed by atoms with Crippen LogP contribution in [0.5, 0.6) is 0 Å². The van der Waals surface area contributed by atoms with Gasteiger partial charge in [-0.3, -0.25) is 0 Å². The van der Waals surface area contributed by atoms with Crippen molar-refractivity contribution in [2.45, 2.75) is 38.0 Å². The van der Waals surface area contributed by atoms with Gasteiger partial charge in [-0.25, -0.2) is 4.98 Å². The zero-order chi connectivity index (χ0) is 11.4. The fraction of sp³-hybridized carbons (Fsp3) is 0.667. The topological polar surface area (TPSA) is 38.9 Å². The highest BCUT2D eigenvalue weighted by molar-refractivity contribution is 5.31. The second kappa shape index (κ2) is 3.47. The zero-order valence-corrected chi connectivity index (χ0v) is 10.2. The summed E-state index contributed by atoms with van der Waals surface area (Å²) < 4.78 is 0. The van der Waals surface area contributed by atoms with E-state index < -0.39 is 0 Å². The number of rotatable bonds is 1. The van der Waals surface area contributed by atoms with E-state index in [1.807, 2.05) is 6.07 Å². The van der Waals surface area contributed by atoms with Gasteiger partial charge in [-0.05, 0) is 67.9 Å². The molecular weight excluding hydrogens is 208 g/mol. The van der Waals surface area contributed by atoms with Crippen LogP contribution in [0.3, 0.4) is 0 Å². The maximum absolute atomic E-state index is 5.84. The molecule has 0 saturated heterocycles. The summed E-state index contributed by atoms with van der Waals surface area (Å²) in [7, 11) is 0. The molecule has 4 fully saturated rings. The average Bonchev–Trinajstić information content (AvgIpc) is 2.27. The molecule has 4 saturated carbocycles. The van der Waals surface area contributed by atoms with E-state index in [2.05, 4.69) is 17.1 Å². The van der Waals surface area contributed by atoms with Gasteiger partial charge >= 0.3 is 0 Å². The number of hydrogen-bond acceptors (Lipinski definition) is 2. The average molecular weight is 228 g/mol. The highest BCUT2D eigenvalue weighted by Gasteiger charge is 2.48. The van der Waals surface area contributed by atoms with Crippen LogP contribution in [0.1, 0.15) is 43.7 Å². The molecule has 1 heterocycles. The van der Waals surface area contributed by atoms with Gasteiger partial charge in [-0.1, -0.05) is 6.07 Å². The number of anilines is 1. The lowest BCUT2D eigenvalue weighted by molar-refractivity contribution is -0.00410. The van der Waals surface area contributed by atoms with Crippen LogP contribution in [0.2, 0.25) is 0 Å². The molecule has 0 spiro atoms. The molecule has 2 N–H and O–H groups in total. The number of pyridine rings is 1. The van der Waals surface area contributed by atoms with Crippen molar-refractivity contribution in [2.24, 2.45) is 23.7 Å². The molecule has 90 valence electrons. The van der Waals surface area contributed by atoms with Gasteiger partial charge in [-0.2, -0.15) is 0 Å². The Bertz CT molecular complexity index is 412. The van der Waals surface area contributed by atoms with E-state index in [9.17, 15) is 0 Å². The van der Waals surface area contributed by atoms with Gasteiger partial charge in [0.1, 0.15) is 5.82 Å². The summed E-state index contributed by atoms with van der Waals surface area (Å²) in [6.45, 7) is 0. The summed E-state index contributed by atoms with van der Waals surface area (Å²) in [5.41, 5.74) is 7.12. The highest BCUT2D eigenvalue weighted by Crippen LogP contribution is 2.59. The Morgan fingerprint density at radius 1 is 0.941 bits per heavy atom. The molecule has 0 atom stereocenters. The van der Waals surface area contributed by atoms with E-state index in [0.717, 1.165) is 23.7 Å². The Kier molecular flexibility index (Phi) is 2.03. The number of nitrogens with two attached hydrogens (primary N) is 1. The maximum atomic E-state index is 5.84. The third kappa shape index (κ3) is 1.50. The quantitative estimate of drug-likeness (QED) is 0.801. The first-order valence-corrected chi connectivity index (χ1v) is 7.02. The lowest BCUT2D eigenvalue weighted by Gasteiger charge is -2.54. The van der Waals surface area contributed by atoms with Crippen LogP contribution in [0.4, 0.5) is 5.82 Å². The van der Waals surface area contributed by atoms with Crippen LogP contribution in [-0.2, 0) is 0 Å². The van der Waals surface area contributed by atoms with E-state index in [1.165, 1.54) is 37.8 Å². The molecule has 17 heavy (non-hydrogen) atoms. The molecule has 0 aromatic carbocycles. The van der Waals surface area contributed by atoms with Crippen molar-refractivity contribution < 1.29 is 0 Å². The van der Waals surface area contributed by atoms with Crippen molar-refractivity contribution in [1.82, 2.24) is 4.98 Å². The minimum absolute atomic E-state index is 0.691. The molecule has 1 aromatic heterocycles. The lowest BCUT2D eigenvalue weighted by atomic mass is 9.51. The predicted octanol–water partition coefficient (Wildman–Crippen LogP) is 3.20. The SMILES string of the molecule is Nc1cccc(C2C3CC4CC(C3)CC2C4)n1. The van der Waals surface area contributed by atoms with Crippen molar-refractivity contribution in [1.29, 1.82) is 0 Å². The summed E-state index contributed by atoms with van der Waals surface area (Å²) in [5, 5.41) is 0. The van der Waals surface area contributed by atoms with Crippen molar-refractivity contribution in [2.75, 3.05) is 5.73 Å². The van der Waals surface area contributed by atoms with Crippen LogP contribution in [0.25, 0.3) is 0 Å². The Morgan fingerprint density at radius 3 is 2.18 bits per heavy atom. The Balaban J connectivity index is 1.70. The van der Waals surface area contributed by atoms with Gasteiger partial charge in [0.25, 0.3) is 0 Å². The lowest BCUT2D eigenvalue weighted by Crippen LogP contribution is -2.44. The maximum Gasteiger partial charge on any atom is 0.123 e. The molecule has 4 aliphatic rings. The minimum Gasteiger partial charge on any atom is -0.384 e. The standard InChI is InChI=1S/C15H20N2/c16-14-3-1-2-13(17-14)15-11-5-9-4-10(7-11)8-12(15)6-9/h1-3,9-12,15H,4-8H2,(H2,16,17). The Labute approximate surface area is 103 Å². The molecule has 2 nitrogen and oxygen atoms in total. The number of hydrogen-bond donors (Lipinski definition) is 1. The van der Waals surface area contributed by atoms with Crippen LogP contribution < -0.4 is 5.73 Å². The van der Waals surface area contributed by atoms with E-state index >= 15 is 0 Å². The van der Waals surface area contributed by atoms with E-state index in [-0.39, 0.29) is 0 Å². The highest BCUT2D eigenvalue weighted by atomic mass is 14.8.